The van der Waals surface area contributed by atoms with Crippen LogP contribution in [0.5, 0.6) is 5.75 Å². The van der Waals surface area contributed by atoms with Crippen LogP contribution < -0.4 is 15.0 Å². The Morgan fingerprint density at radius 3 is 2.48 bits per heavy atom. The summed E-state index contributed by atoms with van der Waals surface area (Å²) in [5, 5.41) is 4.12. The highest BCUT2D eigenvalue weighted by Crippen LogP contribution is 2.39. The summed E-state index contributed by atoms with van der Waals surface area (Å²) >= 11 is 6.03. The van der Waals surface area contributed by atoms with Gasteiger partial charge in [-0.1, -0.05) is 41.9 Å². The van der Waals surface area contributed by atoms with E-state index in [1.165, 1.54) is 0 Å². The first-order valence-electron chi connectivity index (χ1n) is 8.85. The van der Waals surface area contributed by atoms with Crippen LogP contribution in [-0.4, -0.2) is 12.5 Å². The lowest BCUT2D eigenvalue weighted by Gasteiger charge is -2.28. The number of ether oxygens (including phenoxy) is 1. The first-order valence-corrected chi connectivity index (χ1v) is 9.23. The van der Waals surface area contributed by atoms with Crippen molar-refractivity contribution in [2.24, 2.45) is 0 Å². The standard InChI is InChI=1S/C22H19ClN2O2/c1-2-27-20-10-6-5-9-19(20)24-21-17-7-3-4-8-18(17)22(26)25(21)16-13-11-15(23)12-14-16/h3-14,21,24H,2H2,1H3/t21-/m1/s1. The lowest BCUT2D eigenvalue weighted by Crippen LogP contribution is -2.32. The van der Waals surface area contributed by atoms with Gasteiger partial charge in [0.2, 0.25) is 0 Å². The number of nitrogens with zero attached hydrogens (tertiary/aromatic N) is 1. The zero-order valence-electron chi connectivity index (χ0n) is 14.9. The third-order valence-corrected chi connectivity index (χ3v) is 4.80. The summed E-state index contributed by atoms with van der Waals surface area (Å²) in [7, 11) is 0. The average Bonchev–Trinajstić information content (AvgIpc) is 2.97. The fraction of sp³-hybridized carbons (Fsp3) is 0.136. The number of fused-ring (bicyclic) bond motifs is 1. The van der Waals surface area contributed by atoms with Gasteiger partial charge < -0.3 is 10.1 Å². The van der Waals surface area contributed by atoms with E-state index in [0.717, 1.165) is 22.7 Å². The number of halogens is 1. The van der Waals surface area contributed by atoms with Crippen LogP contribution in [0.2, 0.25) is 5.02 Å². The Bertz CT molecular complexity index is 972. The molecule has 0 aliphatic carbocycles. The molecule has 0 saturated carbocycles. The van der Waals surface area contributed by atoms with E-state index in [1.54, 1.807) is 17.0 Å². The zero-order valence-corrected chi connectivity index (χ0v) is 15.6. The summed E-state index contributed by atoms with van der Waals surface area (Å²) in [4.78, 5) is 14.9. The maximum atomic E-state index is 13.1. The molecule has 0 radical (unpaired) electrons. The molecule has 1 aliphatic heterocycles. The number of para-hydroxylation sites is 2. The van der Waals surface area contributed by atoms with Gasteiger partial charge in [0.1, 0.15) is 11.9 Å². The van der Waals surface area contributed by atoms with Crippen LogP contribution in [-0.2, 0) is 0 Å². The molecule has 3 aromatic carbocycles. The predicted molar refractivity (Wildman–Crippen MR) is 109 cm³/mol. The lowest BCUT2D eigenvalue weighted by atomic mass is 10.1. The molecule has 1 atom stereocenters. The van der Waals surface area contributed by atoms with Gasteiger partial charge in [-0.15, -0.1) is 0 Å². The highest BCUT2D eigenvalue weighted by molar-refractivity contribution is 6.30. The highest BCUT2D eigenvalue weighted by Gasteiger charge is 2.37. The summed E-state index contributed by atoms with van der Waals surface area (Å²) in [6.45, 7) is 2.52. The molecule has 4 rings (SSSR count). The van der Waals surface area contributed by atoms with Crippen molar-refractivity contribution in [2.45, 2.75) is 13.1 Å². The van der Waals surface area contributed by atoms with E-state index in [9.17, 15) is 4.79 Å². The minimum atomic E-state index is -0.337. The third kappa shape index (κ3) is 3.24. The van der Waals surface area contributed by atoms with Crippen molar-refractivity contribution in [3.63, 3.8) is 0 Å². The number of benzene rings is 3. The number of hydrogen-bond acceptors (Lipinski definition) is 3. The minimum Gasteiger partial charge on any atom is -0.492 e. The van der Waals surface area contributed by atoms with Gasteiger partial charge in [0, 0.05) is 21.8 Å². The second kappa shape index (κ2) is 7.33. The van der Waals surface area contributed by atoms with Crippen molar-refractivity contribution < 1.29 is 9.53 Å². The minimum absolute atomic E-state index is 0.0423. The number of nitrogens with one attached hydrogen (secondary N) is 1. The van der Waals surface area contributed by atoms with E-state index in [4.69, 9.17) is 16.3 Å². The van der Waals surface area contributed by atoms with Crippen LogP contribution in [0.4, 0.5) is 11.4 Å². The first kappa shape index (κ1) is 17.4. The maximum Gasteiger partial charge on any atom is 0.260 e. The summed E-state index contributed by atoms with van der Waals surface area (Å²) in [5.74, 6) is 0.715. The van der Waals surface area contributed by atoms with Gasteiger partial charge in [-0.05, 0) is 49.4 Å². The molecule has 0 unspecified atom stereocenters. The smallest absolute Gasteiger partial charge is 0.260 e. The van der Waals surface area contributed by atoms with Gasteiger partial charge >= 0.3 is 0 Å². The molecule has 1 heterocycles. The van der Waals surface area contributed by atoms with Gasteiger partial charge in [0.25, 0.3) is 5.91 Å². The van der Waals surface area contributed by atoms with E-state index in [1.807, 2.05) is 67.6 Å². The zero-order chi connectivity index (χ0) is 18.8. The fourth-order valence-corrected chi connectivity index (χ4v) is 3.47. The van der Waals surface area contributed by atoms with E-state index < -0.39 is 0 Å². The van der Waals surface area contributed by atoms with E-state index in [0.29, 0.717) is 17.2 Å². The SMILES string of the molecule is CCOc1ccccc1N[C@H]1c2ccccc2C(=O)N1c1ccc(Cl)cc1. The molecule has 0 spiro atoms. The molecule has 3 aromatic rings. The number of anilines is 2. The molecule has 1 aliphatic rings. The van der Waals surface area contributed by atoms with E-state index in [2.05, 4.69) is 5.32 Å². The molecule has 136 valence electrons. The summed E-state index contributed by atoms with van der Waals surface area (Å²) < 4.78 is 5.74. The molecule has 0 aromatic heterocycles. The number of hydrogen-bond donors (Lipinski definition) is 1. The second-order valence-electron chi connectivity index (χ2n) is 6.21. The second-order valence-corrected chi connectivity index (χ2v) is 6.65. The molecule has 4 nitrogen and oxygen atoms in total. The normalized spacial score (nSPS) is 15.6. The molecule has 0 bridgehead atoms. The van der Waals surface area contributed by atoms with Crippen LogP contribution >= 0.6 is 11.6 Å². The first-order chi connectivity index (χ1) is 13.2. The van der Waals surface area contributed by atoms with Crippen LogP contribution in [0.3, 0.4) is 0 Å². The Hall–Kier alpha value is -2.98. The van der Waals surface area contributed by atoms with E-state index in [-0.39, 0.29) is 12.1 Å². The van der Waals surface area contributed by atoms with E-state index >= 15 is 0 Å². The van der Waals surface area contributed by atoms with Gasteiger partial charge in [-0.25, -0.2) is 0 Å². The van der Waals surface area contributed by atoms with Crippen molar-refractivity contribution >= 4 is 28.9 Å². The molecule has 1 N–H and O–H groups in total. The van der Waals surface area contributed by atoms with Crippen molar-refractivity contribution in [1.29, 1.82) is 0 Å². The quantitative estimate of drug-likeness (QED) is 0.636. The van der Waals surface area contributed by atoms with Crippen molar-refractivity contribution in [3.8, 4) is 5.75 Å². The number of carbonyl (C=O) groups is 1. The predicted octanol–water partition coefficient (Wildman–Crippen LogP) is 5.51. The maximum absolute atomic E-state index is 13.1. The largest absolute Gasteiger partial charge is 0.492 e. The number of rotatable bonds is 5. The topological polar surface area (TPSA) is 41.6 Å². The molecule has 1 amide bonds. The highest BCUT2D eigenvalue weighted by atomic mass is 35.5. The fourth-order valence-electron chi connectivity index (χ4n) is 3.34. The third-order valence-electron chi connectivity index (χ3n) is 4.55. The van der Waals surface area contributed by atoms with Gasteiger partial charge in [0.15, 0.2) is 0 Å². The summed E-state index contributed by atoms with van der Waals surface area (Å²) in [6, 6.07) is 22.7. The average molecular weight is 379 g/mol. The Morgan fingerprint density at radius 1 is 1.00 bits per heavy atom. The monoisotopic (exact) mass is 378 g/mol. The Kier molecular flexibility index (Phi) is 4.73. The van der Waals surface area contributed by atoms with Crippen LogP contribution in [0.15, 0.2) is 72.8 Å². The molecule has 0 saturated heterocycles. The molecule has 5 heteroatoms. The Balaban J connectivity index is 1.77. The number of carbonyl (C=O) groups excluding carboxylic acids is 1. The van der Waals surface area contributed by atoms with Gasteiger partial charge in [0.05, 0.1) is 12.3 Å². The van der Waals surface area contributed by atoms with Crippen LogP contribution in [0, 0.1) is 0 Å². The van der Waals surface area contributed by atoms with Crippen molar-refractivity contribution in [3.05, 3.63) is 88.9 Å². The van der Waals surface area contributed by atoms with Gasteiger partial charge in [-0.2, -0.15) is 0 Å². The van der Waals surface area contributed by atoms with Crippen molar-refractivity contribution in [1.82, 2.24) is 0 Å². The molecule has 0 fully saturated rings. The molecule has 27 heavy (non-hydrogen) atoms. The van der Waals surface area contributed by atoms with Gasteiger partial charge in [-0.3, -0.25) is 9.69 Å². The molecular weight excluding hydrogens is 360 g/mol. The van der Waals surface area contributed by atoms with Crippen molar-refractivity contribution in [2.75, 3.05) is 16.8 Å². The Morgan fingerprint density at radius 2 is 1.70 bits per heavy atom. The van der Waals surface area contributed by atoms with Crippen LogP contribution in [0.25, 0.3) is 0 Å². The summed E-state index contributed by atoms with van der Waals surface area (Å²) in [5.41, 5.74) is 3.25. The molecular formula is C22H19ClN2O2. The van der Waals surface area contributed by atoms with Crippen LogP contribution in [0.1, 0.15) is 29.0 Å². The Labute approximate surface area is 163 Å². The number of amides is 1. The summed E-state index contributed by atoms with van der Waals surface area (Å²) in [6.07, 6.45) is -0.337. The lowest BCUT2D eigenvalue weighted by molar-refractivity contribution is 0.0993.